The normalized spacial score (nSPS) is 15.5. The number of anilines is 2. The van der Waals surface area contributed by atoms with E-state index in [-0.39, 0.29) is 0 Å². The minimum atomic E-state index is 0.822. The highest BCUT2D eigenvalue weighted by atomic mass is 15.3. The summed E-state index contributed by atoms with van der Waals surface area (Å²) in [5.41, 5.74) is 7.75. The molecule has 0 aromatic heterocycles. The van der Waals surface area contributed by atoms with Gasteiger partial charge >= 0.3 is 0 Å². The molecule has 1 aromatic carbocycles. The number of nitrogens with two attached hydrogens (primary N) is 1. The lowest BCUT2D eigenvalue weighted by Gasteiger charge is -2.19. The molecule has 2 N–H and O–H groups in total. The number of nitrogen functional groups attached to an aromatic ring is 1. The number of rotatable bonds is 1. The zero-order chi connectivity index (χ0) is 9.26. The van der Waals surface area contributed by atoms with Crippen LogP contribution in [0.2, 0.25) is 0 Å². The maximum absolute atomic E-state index is 5.85. The molecule has 0 saturated carbocycles. The molecule has 0 radical (unpaired) electrons. The highest BCUT2D eigenvalue weighted by Crippen LogP contribution is 2.24. The zero-order valence-corrected chi connectivity index (χ0v) is 7.64. The molecule has 1 heterocycles. The Kier molecular flexibility index (Phi) is 1.85. The van der Waals surface area contributed by atoms with E-state index in [1.165, 1.54) is 0 Å². The van der Waals surface area contributed by atoms with Gasteiger partial charge in [-0.2, -0.15) is 0 Å². The molecular weight excluding hydrogens is 162 g/mol. The summed E-state index contributed by atoms with van der Waals surface area (Å²) in [7, 11) is 2.04. The molecule has 0 saturated heterocycles. The third kappa shape index (κ3) is 1.45. The summed E-state index contributed by atoms with van der Waals surface area (Å²) in [6, 6.07) is 7.89. The average Bonchev–Trinajstić information content (AvgIpc) is 2.53. The fraction of sp³-hybridized carbons (Fsp3) is 0.200. The van der Waals surface area contributed by atoms with Crippen molar-refractivity contribution in [2.24, 2.45) is 0 Å². The van der Waals surface area contributed by atoms with Crippen molar-refractivity contribution in [3.63, 3.8) is 0 Å². The van der Waals surface area contributed by atoms with Crippen LogP contribution in [0.5, 0.6) is 0 Å². The smallest absolute Gasteiger partial charge is 0.0939 e. The Bertz CT molecular complexity index is 333. The second-order valence-electron chi connectivity index (χ2n) is 3.23. The van der Waals surface area contributed by atoms with Gasteiger partial charge in [0, 0.05) is 19.4 Å². The average molecular weight is 175 g/mol. The third-order valence-corrected chi connectivity index (χ3v) is 2.12. The summed E-state index contributed by atoms with van der Waals surface area (Å²) in [5, 5.41) is 0. The Balaban J connectivity index is 2.27. The fourth-order valence-corrected chi connectivity index (χ4v) is 1.43. The Hall–Kier alpha value is -1.64. The summed E-state index contributed by atoms with van der Waals surface area (Å²) < 4.78 is 0. The van der Waals surface area contributed by atoms with Gasteiger partial charge in [-0.3, -0.25) is 0 Å². The zero-order valence-electron chi connectivity index (χ0n) is 7.64. The molecule has 1 aliphatic rings. The molecule has 0 aliphatic carbocycles. The second-order valence-corrected chi connectivity index (χ2v) is 3.23. The van der Waals surface area contributed by atoms with Crippen molar-refractivity contribution in [2.45, 2.75) is 0 Å². The predicted molar refractivity (Wildman–Crippen MR) is 55.1 cm³/mol. The van der Waals surface area contributed by atoms with Crippen LogP contribution in [0.3, 0.4) is 0 Å². The van der Waals surface area contributed by atoms with Gasteiger partial charge < -0.3 is 15.5 Å². The van der Waals surface area contributed by atoms with Crippen LogP contribution in [-0.2, 0) is 0 Å². The second kappa shape index (κ2) is 3.01. The van der Waals surface area contributed by atoms with Gasteiger partial charge in [0.15, 0.2) is 0 Å². The van der Waals surface area contributed by atoms with E-state index in [0.717, 1.165) is 18.0 Å². The fourth-order valence-electron chi connectivity index (χ4n) is 1.43. The van der Waals surface area contributed by atoms with Gasteiger partial charge in [0.25, 0.3) is 0 Å². The van der Waals surface area contributed by atoms with Gasteiger partial charge in [0.2, 0.25) is 0 Å². The van der Waals surface area contributed by atoms with E-state index >= 15 is 0 Å². The van der Waals surface area contributed by atoms with Gasteiger partial charge in [-0.15, -0.1) is 0 Å². The van der Waals surface area contributed by atoms with E-state index in [4.69, 9.17) is 5.73 Å². The maximum atomic E-state index is 5.85. The van der Waals surface area contributed by atoms with Crippen LogP contribution in [0.4, 0.5) is 11.4 Å². The molecule has 68 valence electrons. The largest absolute Gasteiger partial charge is 0.397 e. The Labute approximate surface area is 78.1 Å². The van der Waals surface area contributed by atoms with Crippen molar-refractivity contribution in [3.8, 4) is 0 Å². The van der Waals surface area contributed by atoms with Gasteiger partial charge in [-0.1, -0.05) is 12.1 Å². The highest BCUT2D eigenvalue weighted by molar-refractivity contribution is 5.68. The van der Waals surface area contributed by atoms with Gasteiger partial charge in [0.05, 0.1) is 18.0 Å². The summed E-state index contributed by atoms with van der Waals surface area (Å²) in [4.78, 5) is 4.22. The van der Waals surface area contributed by atoms with Crippen molar-refractivity contribution in [2.75, 3.05) is 24.3 Å². The minimum Gasteiger partial charge on any atom is -0.397 e. The summed E-state index contributed by atoms with van der Waals surface area (Å²) in [6.45, 7) is 0.869. The minimum absolute atomic E-state index is 0.822. The molecule has 0 amide bonds. The molecular formula is C10H13N3. The molecule has 0 unspecified atom stereocenters. The van der Waals surface area contributed by atoms with E-state index in [1.54, 1.807) is 0 Å². The van der Waals surface area contributed by atoms with E-state index in [0.29, 0.717) is 0 Å². The van der Waals surface area contributed by atoms with Crippen LogP contribution in [0.25, 0.3) is 0 Å². The van der Waals surface area contributed by atoms with Gasteiger partial charge in [0.1, 0.15) is 0 Å². The molecule has 0 spiro atoms. The van der Waals surface area contributed by atoms with Crippen molar-refractivity contribution in [3.05, 3.63) is 36.7 Å². The molecule has 0 atom stereocenters. The Morgan fingerprint density at radius 2 is 2.00 bits per heavy atom. The van der Waals surface area contributed by atoms with Crippen LogP contribution >= 0.6 is 0 Å². The summed E-state index contributed by atoms with van der Waals surface area (Å²) >= 11 is 0. The van der Waals surface area contributed by atoms with Crippen LogP contribution in [0, 0.1) is 0 Å². The maximum Gasteiger partial charge on any atom is 0.0939 e. The monoisotopic (exact) mass is 175 g/mol. The van der Waals surface area contributed by atoms with Gasteiger partial charge in [-0.05, 0) is 12.1 Å². The summed E-state index contributed by atoms with van der Waals surface area (Å²) in [6.07, 6.45) is 4.07. The topological polar surface area (TPSA) is 32.5 Å². The Morgan fingerprint density at radius 3 is 2.62 bits per heavy atom. The van der Waals surface area contributed by atoms with E-state index < -0.39 is 0 Å². The standard InChI is InChI=1S/C10H13N3/c1-12-6-7-13(8-12)10-5-3-2-4-9(10)11/h2-7H,8,11H2,1H3. The molecule has 0 fully saturated rings. The van der Waals surface area contributed by atoms with Crippen LogP contribution in [0.1, 0.15) is 0 Å². The molecule has 2 rings (SSSR count). The predicted octanol–water partition coefficient (Wildman–Crippen LogP) is 1.45. The quantitative estimate of drug-likeness (QED) is 0.656. The number of para-hydroxylation sites is 2. The van der Waals surface area contributed by atoms with E-state index in [9.17, 15) is 0 Å². The lowest BCUT2D eigenvalue weighted by molar-refractivity contribution is 0.496. The lowest BCUT2D eigenvalue weighted by atomic mass is 10.2. The molecule has 3 nitrogen and oxygen atoms in total. The van der Waals surface area contributed by atoms with Crippen LogP contribution < -0.4 is 10.6 Å². The van der Waals surface area contributed by atoms with E-state index in [2.05, 4.69) is 9.80 Å². The number of nitrogens with zero attached hydrogens (tertiary/aromatic N) is 2. The van der Waals surface area contributed by atoms with Crippen LogP contribution in [0.15, 0.2) is 36.7 Å². The third-order valence-electron chi connectivity index (χ3n) is 2.12. The van der Waals surface area contributed by atoms with Crippen molar-refractivity contribution in [1.82, 2.24) is 4.90 Å². The first-order valence-corrected chi connectivity index (χ1v) is 4.27. The first-order valence-electron chi connectivity index (χ1n) is 4.27. The van der Waals surface area contributed by atoms with Crippen LogP contribution in [-0.4, -0.2) is 18.6 Å². The molecule has 1 aromatic rings. The molecule has 13 heavy (non-hydrogen) atoms. The number of hydrogen-bond acceptors (Lipinski definition) is 3. The SMILES string of the molecule is CN1C=CN(c2ccccc2N)C1. The highest BCUT2D eigenvalue weighted by Gasteiger charge is 2.11. The molecule has 3 heteroatoms. The lowest BCUT2D eigenvalue weighted by Crippen LogP contribution is -2.22. The number of hydrogen-bond donors (Lipinski definition) is 1. The van der Waals surface area contributed by atoms with Crippen molar-refractivity contribution >= 4 is 11.4 Å². The van der Waals surface area contributed by atoms with Crippen molar-refractivity contribution < 1.29 is 0 Å². The first kappa shape index (κ1) is 7.98. The van der Waals surface area contributed by atoms with Crippen molar-refractivity contribution in [1.29, 1.82) is 0 Å². The number of benzene rings is 1. The molecule has 1 aliphatic heterocycles. The molecule has 0 bridgehead atoms. The van der Waals surface area contributed by atoms with Gasteiger partial charge in [-0.25, -0.2) is 0 Å². The Morgan fingerprint density at radius 1 is 1.23 bits per heavy atom. The first-order chi connectivity index (χ1) is 6.27. The van der Waals surface area contributed by atoms with E-state index in [1.807, 2.05) is 43.7 Å². The summed E-state index contributed by atoms with van der Waals surface area (Å²) in [5.74, 6) is 0.